The lowest BCUT2D eigenvalue weighted by atomic mass is 10.2. The van der Waals surface area contributed by atoms with Crippen LogP contribution in [0.4, 0.5) is 5.69 Å². The fourth-order valence-electron chi connectivity index (χ4n) is 2.64. The summed E-state index contributed by atoms with van der Waals surface area (Å²) in [5.74, 6) is -0.0402. The predicted octanol–water partition coefficient (Wildman–Crippen LogP) is 3.02. The van der Waals surface area contributed by atoms with Crippen molar-refractivity contribution >= 4 is 17.6 Å². The third-order valence-electron chi connectivity index (χ3n) is 4.19. The zero-order chi connectivity index (χ0) is 20.8. The summed E-state index contributed by atoms with van der Waals surface area (Å²) in [5.41, 5.74) is 2.41. The molecule has 152 valence electrons. The number of nitrogens with one attached hydrogen (secondary N) is 1. The lowest BCUT2D eigenvalue weighted by Crippen LogP contribution is -2.30. The summed E-state index contributed by atoms with van der Waals surface area (Å²) in [4.78, 5) is 24.9. The average molecular weight is 389 g/mol. The first-order valence-corrected chi connectivity index (χ1v) is 9.20. The molecule has 1 aromatic carbocycles. The molecule has 0 aliphatic carbocycles. The van der Waals surface area contributed by atoms with Crippen LogP contribution in [-0.2, 0) is 16.6 Å². The minimum absolute atomic E-state index is 0.278. The van der Waals surface area contributed by atoms with Crippen molar-refractivity contribution in [2.75, 3.05) is 18.5 Å². The molecule has 0 saturated heterocycles. The summed E-state index contributed by atoms with van der Waals surface area (Å²) in [6.07, 6.45) is -0.978. The zero-order valence-electron chi connectivity index (χ0n) is 17.2. The maximum atomic E-state index is 12.5. The SMILES string of the molecule is CCOc1ccc(C(=O)O[C@@H](C)C(=O)Nc2c(C)nn(C)c2C)cc1OCC. The molecule has 1 aromatic heterocycles. The second-order valence-electron chi connectivity index (χ2n) is 6.23. The monoisotopic (exact) mass is 389 g/mol. The number of hydrogen-bond acceptors (Lipinski definition) is 6. The van der Waals surface area contributed by atoms with Crippen molar-refractivity contribution in [1.29, 1.82) is 0 Å². The minimum atomic E-state index is -0.978. The van der Waals surface area contributed by atoms with E-state index in [2.05, 4.69) is 10.4 Å². The van der Waals surface area contributed by atoms with Crippen LogP contribution in [0, 0.1) is 13.8 Å². The van der Waals surface area contributed by atoms with Crippen LogP contribution < -0.4 is 14.8 Å². The molecule has 8 heteroatoms. The molecular weight excluding hydrogens is 362 g/mol. The van der Waals surface area contributed by atoms with E-state index in [1.807, 2.05) is 20.8 Å². The van der Waals surface area contributed by atoms with Crippen molar-refractivity contribution in [3.8, 4) is 11.5 Å². The molecule has 0 unspecified atom stereocenters. The third-order valence-corrected chi connectivity index (χ3v) is 4.19. The van der Waals surface area contributed by atoms with Crippen LogP contribution in [0.25, 0.3) is 0 Å². The Morgan fingerprint density at radius 2 is 1.79 bits per heavy atom. The van der Waals surface area contributed by atoms with Crippen LogP contribution >= 0.6 is 0 Å². The Balaban J connectivity index is 2.08. The molecule has 0 saturated carbocycles. The topological polar surface area (TPSA) is 91.7 Å². The van der Waals surface area contributed by atoms with Gasteiger partial charge >= 0.3 is 5.97 Å². The number of anilines is 1. The van der Waals surface area contributed by atoms with Crippen LogP contribution in [0.2, 0.25) is 0 Å². The number of ether oxygens (including phenoxy) is 3. The highest BCUT2D eigenvalue weighted by molar-refractivity contribution is 5.98. The highest BCUT2D eigenvalue weighted by Gasteiger charge is 2.22. The molecule has 0 radical (unpaired) electrons. The van der Waals surface area contributed by atoms with Crippen LogP contribution in [0.3, 0.4) is 0 Å². The molecule has 0 aliphatic heterocycles. The number of benzene rings is 1. The van der Waals surface area contributed by atoms with Gasteiger partial charge in [-0.05, 0) is 52.8 Å². The Morgan fingerprint density at radius 3 is 2.36 bits per heavy atom. The van der Waals surface area contributed by atoms with E-state index in [0.717, 1.165) is 5.69 Å². The predicted molar refractivity (Wildman–Crippen MR) is 105 cm³/mol. The molecule has 28 heavy (non-hydrogen) atoms. The van der Waals surface area contributed by atoms with Gasteiger partial charge in [-0.2, -0.15) is 5.10 Å². The average Bonchev–Trinajstić information content (AvgIpc) is 2.89. The van der Waals surface area contributed by atoms with Crippen LogP contribution in [0.15, 0.2) is 18.2 Å². The van der Waals surface area contributed by atoms with Gasteiger partial charge in [-0.1, -0.05) is 0 Å². The number of nitrogens with zero attached hydrogens (tertiary/aromatic N) is 2. The van der Waals surface area contributed by atoms with Crippen molar-refractivity contribution in [3.63, 3.8) is 0 Å². The molecule has 1 N–H and O–H groups in total. The van der Waals surface area contributed by atoms with Crippen LogP contribution in [0.1, 0.15) is 42.5 Å². The van der Waals surface area contributed by atoms with E-state index >= 15 is 0 Å². The summed E-state index contributed by atoms with van der Waals surface area (Å²) in [7, 11) is 1.79. The number of esters is 1. The standard InChI is InChI=1S/C20H27N3O5/c1-7-26-16-10-9-15(11-17(16)27-8-2)20(25)28-14(5)19(24)21-18-12(3)22-23(6)13(18)4/h9-11,14H,7-8H2,1-6H3,(H,21,24)/t14-/m0/s1. The Hall–Kier alpha value is -3.03. The molecule has 0 aliphatic rings. The van der Waals surface area contributed by atoms with Gasteiger partial charge in [-0.25, -0.2) is 4.79 Å². The van der Waals surface area contributed by atoms with Crippen LogP contribution in [0.5, 0.6) is 11.5 Å². The van der Waals surface area contributed by atoms with Gasteiger partial charge in [-0.3, -0.25) is 9.48 Å². The first-order valence-electron chi connectivity index (χ1n) is 9.20. The van der Waals surface area contributed by atoms with Crippen molar-refractivity contribution in [2.45, 2.75) is 40.7 Å². The number of carbonyl (C=O) groups excluding carboxylic acids is 2. The highest BCUT2D eigenvalue weighted by Crippen LogP contribution is 2.29. The fraction of sp³-hybridized carbons (Fsp3) is 0.450. The lowest BCUT2D eigenvalue weighted by Gasteiger charge is -2.15. The van der Waals surface area contributed by atoms with Gasteiger partial charge in [0.15, 0.2) is 17.6 Å². The molecule has 1 heterocycles. The van der Waals surface area contributed by atoms with E-state index in [9.17, 15) is 9.59 Å². The normalized spacial score (nSPS) is 11.6. The second kappa shape index (κ2) is 9.25. The largest absolute Gasteiger partial charge is 0.490 e. The van der Waals surface area contributed by atoms with E-state index in [4.69, 9.17) is 14.2 Å². The summed E-state index contributed by atoms with van der Waals surface area (Å²) in [5, 5.41) is 7.02. The Labute approximate surface area is 164 Å². The third kappa shape index (κ3) is 4.82. The van der Waals surface area contributed by atoms with Crippen molar-refractivity contribution < 1.29 is 23.8 Å². The lowest BCUT2D eigenvalue weighted by molar-refractivity contribution is -0.123. The van der Waals surface area contributed by atoms with Gasteiger partial charge < -0.3 is 19.5 Å². The minimum Gasteiger partial charge on any atom is -0.490 e. The van der Waals surface area contributed by atoms with Crippen LogP contribution in [-0.4, -0.2) is 41.0 Å². The van der Waals surface area contributed by atoms with Gasteiger partial charge in [-0.15, -0.1) is 0 Å². The van der Waals surface area contributed by atoms with Crippen molar-refractivity contribution in [2.24, 2.45) is 7.05 Å². The number of aromatic nitrogens is 2. The Kier molecular flexibility index (Phi) is 7.03. The molecule has 8 nitrogen and oxygen atoms in total. The number of amides is 1. The molecular formula is C20H27N3O5. The van der Waals surface area contributed by atoms with Gasteiger partial charge in [0.2, 0.25) is 0 Å². The summed E-state index contributed by atoms with van der Waals surface area (Å²) < 4.78 is 18.0. The zero-order valence-corrected chi connectivity index (χ0v) is 17.2. The van der Waals surface area contributed by atoms with Gasteiger partial charge in [0.05, 0.1) is 35.9 Å². The molecule has 2 aromatic rings. The summed E-state index contributed by atoms with van der Waals surface area (Å²) >= 11 is 0. The molecule has 1 amide bonds. The molecule has 0 bridgehead atoms. The van der Waals surface area contributed by atoms with E-state index in [-0.39, 0.29) is 5.56 Å². The number of hydrogen-bond donors (Lipinski definition) is 1. The Bertz CT molecular complexity index is 860. The van der Waals surface area contributed by atoms with Gasteiger partial charge in [0.1, 0.15) is 0 Å². The first kappa shape index (κ1) is 21.3. The van der Waals surface area contributed by atoms with E-state index < -0.39 is 18.0 Å². The van der Waals surface area contributed by atoms with E-state index in [1.54, 1.807) is 36.9 Å². The van der Waals surface area contributed by atoms with Crippen molar-refractivity contribution in [1.82, 2.24) is 9.78 Å². The van der Waals surface area contributed by atoms with Crippen molar-refractivity contribution in [3.05, 3.63) is 35.2 Å². The highest BCUT2D eigenvalue weighted by atomic mass is 16.5. The molecule has 2 rings (SSSR count). The van der Waals surface area contributed by atoms with Gasteiger partial charge in [0.25, 0.3) is 5.91 Å². The van der Waals surface area contributed by atoms with E-state index in [0.29, 0.717) is 36.1 Å². The van der Waals surface area contributed by atoms with Gasteiger partial charge in [0, 0.05) is 7.05 Å². The quantitative estimate of drug-likeness (QED) is 0.698. The molecule has 1 atom stereocenters. The summed E-state index contributed by atoms with van der Waals surface area (Å²) in [6.45, 7) is 9.79. The Morgan fingerprint density at radius 1 is 1.14 bits per heavy atom. The second-order valence-corrected chi connectivity index (χ2v) is 6.23. The number of aryl methyl sites for hydroxylation is 2. The molecule has 0 fully saturated rings. The maximum absolute atomic E-state index is 12.5. The summed E-state index contributed by atoms with van der Waals surface area (Å²) in [6, 6.07) is 4.78. The maximum Gasteiger partial charge on any atom is 0.339 e. The number of rotatable bonds is 8. The first-order chi connectivity index (χ1) is 13.3. The smallest absolute Gasteiger partial charge is 0.339 e. The number of carbonyl (C=O) groups is 2. The molecule has 0 spiro atoms. The van der Waals surface area contributed by atoms with E-state index in [1.165, 1.54) is 6.92 Å². The fourth-order valence-corrected chi connectivity index (χ4v) is 2.64.